The van der Waals surface area contributed by atoms with Crippen molar-refractivity contribution >= 4 is 25.7 Å². The molecule has 0 radical (unpaired) electrons. The van der Waals surface area contributed by atoms with Gasteiger partial charge in [0.05, 0.1) is 24.5 Å². The van der Waals surface area contributed by atoms with Crippen molar-refractivity contribution in [3.63, 3.8) is 0 Å². The molecule has 0 bridgehead atoms. The van der Waals surface area contributed by atoms with Gasteiger partial charge in [-0.3, -0.25) is 28.3 Å². The van der Waals surface area contributed by atoms with Gasteiger partial charge in [-0.05, 0) is 12.8 Å². The highest BCUT2D eigenvalue weighted by Gasteiger charge is 2.34. The number of ether oxygens (including phenoxy) is 4. The first-order valence-corrected chi connectivity index (χ1v) is 15.2. The highest BCUT2D eigenvalue weighted by atomic mass is 31.2. The first-order valence-electron chi connectivity index (χ1n) is 13.7. The minimum Gasteiger partial charge on any atom is -0.442 e. The van der Waals surface area contributed by atoms with E-state index in [9.17, 15) is 33.6 Å². The molecule has 0 aliphatic heterocycles. The van der Waals surface area contributed by atoms with Crippen LogP contribution in [0.15, 0.2) is 21.9 Å². The standard InChI is InChI=1S/C26H44N3O14P/c1-16(2)21(27)24(33)38-13-28-20(30)9-10-29(25(28)34)26(7,35)11-19(37-8)12-41-44(36,42-14-39-22(31)17(3)4)43-15-40-23(32)18(5)6/h9-10,16-19,21,35H,11-15,27H2,1-8H3. The minimum absolute atomic E-state index is 0.253. The lowest BCUT2D eigenvalue weighted by Crippen LogP contribution is -2.49. The Labute approximate surface area is 255 Å². The van der Waals surface area contributed by atoms with Crippen molar-refractivity contribution in [1.29, 1.82) is 0 Å². The minimum atomic E-state index is -4.54. The van der Waals surface area contributed by atoms with Crippen LogP contribution < -0.4 is 17.0 Å². The van der Waals surface area contributed by atoms with E-state index in [0.717, 1.165) is 16.8 Å². The van der Waals surface area contributed by atoms with Crippen molar-refractivity contribution in [2.75, 3.05) is 27.3 Å². The van der Waals surface area contributed by atoms with Gasteiger partial charge in [0, 0.05) is 25.8 Å². The highest BCUT2D eigenvalue weighted by Crippen LogP contribution is 2.49. The van der Waals surface area contributed by atoms with Crippen LogP contribution in [0.4, 0.5) is 0 Å². The van der Waals surface area contributed by atoms with Crippen LogP contribution in [-0.2, 0) is 63.9 Å². The molecule has 0 aliphatic rings. The highest BCUT2D eigenvalue weighted by molar-refractivity contribution is 7.48. The number of carbonyl (C=O) groups excluding carboxylic acids is 3. The Bertz CT molecular complexity index is 1240. The first-order chi connectivity index (χ1) is 20.3. The van der Waals surface area contributed by atoms with E-state index in [1.807, 2.05) is 0 Å². The number of phosphoric ester groups is 1. The lowest BCUT2D eigenvalue weighted by Gasteiger charge is -2.30. The SMILES string of the molecule is COC(COP(=O)(OCOC(=O)C(C)C)OCOC(=O)C(C)C)CC(C)(O)n1ccc(=O)n(COC(=O)C(N)C(C)C)c1=O. The van der Waals surface area contributed by atoms with Crippen molar-refractivity contribution in [2.45, 2.75) is 79.5 Å². The van der Waals surface area contributed by atoms with Crippen molar-refractivity contribution < 1.29 is 56.6 Å². The number of aliphatic hydroxyl groups is 1. The second kappa shape index (κ2) is 17.5. The van der Waals surface area contributed by atoms with E-state index in [2.05, 4.69) is 0 Å². The van der Waals surface area contributed by atoms with Gasteiger partial charge in [-0.2, -0.15) is 0 Å². The van der Waals surface area contributed by atoms with E-state index in [0.29, 0.717) is 4.57 Å². The van der Waals surface area contributed by atoms with Gasteiger partial charge in [0.2, 0.25) is 13.6 Å². The van der Waals surface area contributed by atoms with Crippen LogP contribution in [0.1, 0.15) is 54.9 Å². The van der Waals surface area contributed by atoms with Gasteiger partial charge >= 0.3 is 31.4 Å². The quantitative estimate of drug-likeness (QED) is 0.0921. The Morgan fingerprint density at radius 1 is 0.932 bits per heavy atom. The zero-order valence-electron chi connectivity index (χ0n) is 26.3. The number of methoxy groups -OCH3 is 1. The molecule has 0 spiro atoms. The largest absolute Gasteiger partial charge is 0.480 e. The van der Waals surface area contributed by atoms with Crippen LogP contribution >= 0.6 is 7.82 Å². The predicted molar refractivity (Wildman–Crippen MR) is 152 cm³/mol. The number of aromatic nitrogens is 2. The van der Waals surface area contributed by atoms with E-state index >= 15 is 0 Å². The van der Waals surface area contributed by atoms with Gasteiger partial charge in [-0.15, -0.1) is 0 Å². The maximum absolute atomic E-state index is 13.2. The zero-order valence-corrected chi connectivity index (χ0v) is 27.1. The van der Waals surface area contributed by atoms with Gasteiger partial charge in [-0.1, -0.05) is 41.5 Å². The normalized spacial score (nSPS) is 14.8. The molecule has 0 amide bonds. The Hall–Kier alpha value is -2.92. The van der Waals surface area contributed by atoms with E-state index in [-0.39, 0.29) is 12.3 Å². The van der Waals surface area contributed by atoms with Gasteiger partial charge in [-0.25, -0.2) is 23.0 Å². The lowest BCUT2D eigenvalue weighted by molar-refractivity contribution is -0.158. The third-order valence-electron chi connectivity index (χ3n) is 6.05. The topological polar surface area (TPSA) is 223 Å². The van der Waals surface area contributed by atoms with Crippen LogP contribution in [0.5, 0.6) is 0 Å². The number of nitrogens with zero attached hydrogens (tertiary/aromatic N) is 2. The molecule has 17 nitrogen and oxygen atoms in total. The van der Waals surface area contributed by atoms with Crippen LogP contribution in [0.3, 0.4) is 0 Å². The number of phosphoric acid groups is 1. The molecule has 3 unspecified atom stereocenters. The number of rotatable bonds is 19. The van der Waals surface area contributed by atoms with Crippen LogP contribution in [0, 0.1) is 17.8 Å². The van der Waals surface area contributed by atoms with Crippen molar-refractivity contribution in [3.05, 3.63) is 33.1 Å². The maximum Gasteiger partial charge on any atom is 0.480 e. The molecular formula is C26H44N3O14P. The smallest absolute Gasteiger partial charge is 0.442 e. The second-order valence-corrected chi connectivity index (χ2v) is 12.5. The monoisotopic (exact) mass is 653 g/mol. The van der Waals surface area contributed by atoms with Gasteiger partial charge in [0.25, 0.3) is 5.56 Å². The molecule has 44 heavy (non-hydrogen) atoms. The van der Waals surface area contributed by atoms with Crippen molar-refractivity contribution in [2.24, 2.45) is 23.5 Å². The van der Waals surface area contributed by atoms with E-state index in [1.165, 1.54) is 14.0 Å². The lowest BCUT2D eigenvalue weighted by atomic mass is 10.1. The Morgan fingerprint density at radius 3 is 1.91 bits per heavy atom. The number of nitrogens with two attached hydrogens (primary N) is 1. The van der Waals surface area contributed by atoms with E-state index < -0.39 is 93.6 Å². The fraction of sp³-hybridized carbons (Fsp3) is 0.731. The average Bonchev–Trinajstić information content (AvgIpc) is 2.93. The number of carbonyl (C=O) groups is 3. The third-order valence-corrected chi connectivity index (χ3v) is 7.36. The summed E-state index contributed by atoms with van der Waals surface area (Å²) < 4.78 is 50.0. The fourth-order valence-electron chi connectivity index (χ4n) is 3.16. The summed E-state index contributed by atoms with van der Waals surface area (Å²) in [6.07, 6.45) is -0.402. The van der Waals surface area contributed by atoms with Crippen molar-refractivity contribution in [1.82, 2.24) is 9.13 Å². The molecule has 0 aliphatic carbocycles. The molecule has 18 heteroatoms. The summed E-state index contributed by atoms with van der Waals surface area (Å²) in [5, 5.41) is 11.2. The van der Waals surface area contributed by atoms with Crippen LogP contribution in [0.2, 0.25) is 0 Å². The van der Waals surface area contributed by atoms with E-state index in [4.69, 9.17) is 38.3 Å². The molecule has 3 N–H and O–H groups in total. The summed E-state index contributed by atoms with van der Waals surface area (Å²) in [5.41, 5.74) is 1.90. The Kier molecular flexibility index (Phi) is 15.6. The Morgan fingerprint density at radius 2 is 1.45 bits per heavy atom. The molecule has 1 rings (SSSR count). The molecule has 0 fully saturated rings. The fourth-order valence-corrected chi connectivity index (χ4v) is 4.09. The molecule has 0 saturated heterocycles. The number of hydrogen-bond donors (Lipinski definition) is 2. The van der Waals surface area contributed by atoms with Crippen molar-refractivity contribution in [3.8, 4) is 0 Å². The molecule has 1 aromatic rings. The van der Waals surface area contributed by atoms with Gasteiger partial charge in [0.15, 0.2) is 6.73 Å². The zero-order chi connectivity index (χ0) is 33.8. The summed E-state index contributed by atoms with van der Waals surface area (Å²) in [6.45, 7) is 7.98. The van der Waals surface area contributed by atoms with Gasteiger partial charge < -0.3 is 29.8 Å². The second-order valence-electron chi connectivity index (χ2n) is 10.8. The van der Waals surface area contributed by atoms with Crippen LogP contribution in [0.25, 0.3) is 0 Å². The molecule has 0 saturated carbocycles. The number of hydrogen-bond acceptors (Lipinski definition) is 15. The third kappa shape index (κ3) is 12.2. The molecular weight excluding hydrogens is 609 g/mol. The first kappa shape index (κ1) is 39.1. The average molecular weight is 654 g/mol. The summed E-state index contributed by atoms with van der Waals surface area (Å²) in [4.78, 5) is 61.0. The maximum atomic E-state index is 13.2. The summed E-state index contributed by atoms with van der Waals surface area (Å²) in [6, 6.07) is 0.00706. The Balaban J connectivity index is 3.07. The molecule has 252 valence electrons. The molecule has 0 aromatic carbocycles. The summed E-state index contributed by atoms with van der Waals surface area (Å²) in [7, 11) is -3.30. The van der Waals surface area contributed by atoms with Crippen LogP contribution in [-0.4, -0.2) is 71.6 Å². The van der Waals surface area contributed by atoms with Gasteiger partial charge in [0.1, 0.15) is 11.8 Å². The summed E-state index contributed by atoms with van der Waals surface area (Å²) in [5.74, 6) is -3.40. The molecule has 1 heterocycles. The summed E-state index contributed by atoms with van der Waals surface area (Å²) >= 11 is 0. The molecule has 1 aromatic heterocycles. The predicted octanol–water partition coefficient (Wildman–Crippen LogP) is 1.04. The number of esters is 3. The van der Waals surface area contributed by atoms with E-state index in [1.54, 1.807) is 41.5 Å². The molecule has 3 atom stereocenters.